The molecule has 0 rings (SSSR count). The average Bonchev–Trinajstić information content (AvgIpc) is 0.811. The van der Waals surface area contributed by atoms with Crippen LogP contribution >= 0.6 is 0 Å². The minimum absolute atomic E-state index is 0. The zero-order valence-electron chi connectivity index (χ0n) is 3.13. The molecule has 0 aromatic carbocycles. The molecule has 0 spiro atoms. The van der Waals surface area contributed by atoms with Gasteiger partial charge < -0.3 is 0 Å². The van der Waals surface area contributed by atoms with E-state index in [9.17, 15) is 0 Å². The fourth-order valence-electron chi connectivity index (χ4n) is 0. The minimum atomic E-state index is -3.69. The molecular formula is H6BiO3PbV. The molecule has 0 aliphatic rings. The summed E-state index contributed by atoms with van der Waals surface area (Å²) in [6, 6.07) is 0. The van der Waals surface area contributed by atoms with Crippen LogP contribution < -0.4 is 0 Å². The molecule has 0 aromatic rings. The molecule has 0 saturated carbocycles. The van der Waals surface area contributed by atoms with Gasteiger partial charge in [-0.15, -0.1) is 0 Å². The van der Waals surface area contributed by atoms with Crippen LogP contribution in [0.2, 0.25) is 0 Å². The normalized spacial score (nSPS) is 4.17. The molecule has 0 aromatic heterocycles. The summed E-state index contributed by atoms with van der Waals surface area (Å²) in [5.74, 6) is 0. The van der Waals surface area contributed by atoms with E-state index in [0.717, 1.165) is 0 Å². The van der Waals surface area contributed by atoms with Crippen LogP contribution in [0.1, 0.15) is 0 Å². The third-order valence-electron chi connectivity index (χ3n) is 0. The van der Waals surface area contributed by atoms with Crippen LogP contribution in [0, 0.1) is 0 Å². The standard InChI is InChI=1S/Bi.H2O.2O.Pb.V.5H/h;1H2;;;;;;;;;/q;;;;;+1;;;;;/p-1. The quantitative estimate of drug-likeness (QED) is 0.349. The van der Waals surface area contributed by atoms with Gasteiger partial charge in [-0.1, -0.05) is 0 Å². The molecular weight excluding hydrogens is 515 g/mol. The zero-order chi connectivity index (χ0) is 3.58. The first-order valence-electron chi connectivity index (χ1n) is 0.565. The first kappa shape index (κ1) is 15.7. The first-order valence-corrected chi connectivity index (χ1v) is 2.33. The van der Waals surface area contributed by atoms with E-state index in [2.05, 4.69) is 0 Å². The fourth-order valence-corrected chi connectivity index (χ4v) is 0. The molecule has 3 nitrogen and oxygen atoms in total. The number of hydrogen-bond donors (Lipinski definition) is 1. The monoisotopic (exact) mass is 522 g/mol. The molecule has 0 aliphatic heterocycles. The van der Waals surface area contributed by atoms with Crippen LogP contribution in [0.15, 0.2) is 0 Å². The van der Waals surface area contributed by atoms with Crippen molar-refractivity contribution in [3.05, 3.63) is 0 Å². The fraction of sp³-hybridized carbons (Fsp3) is 0. The Balaban J connectivity index is -0.0000000450. The van der Waals surface area contributed by atoms with Crippen molar-refractivity contribution in [2.24, 2.45) is 0 Å². The summed E-state index contributed by atoms with van der Waals surface area (Å²) in [6.45, 7) is 0. The van der Waals surface area contributed by atoms with Gasteiger partial charge in [0.15, 0.2) is 0 Å². The van der Waals surface area contributed by atoms with Crippen molar-refractivity contribution >= 4 is 53.5 Å². The number of rotatable bonds is 0. The van der Waals surface area contributed by atoms with E-state index in [1.54, 1.807) is 0 Å². The molecule has 6 heavy (non-hydrogen) atoms. The van der Waals surface area contributed by atoms with Crippen molar-refractivity contribution in [3.63, 3.8) is 0 Å². The Morgan fingerprint density at radius 1 is 1.33 bits per heavy atom. The summed E-state index contributed by atoms with van der Waals surface area (Å²) in [7, 11) is 0. The van der Waals surface area contributed by atoms with Gasteiger partial charge in [0.25, 0.3) is 0 Å². The third-order valence-corrected chi connectivity index (χ3v) is 0. The van der Waals surface area contributed by atoms with E-state index in [1.165, 1.54) is 0 Å². The van der Waals surface area contributed by atoms with Crippen LogP contribution in [0.3, 0.4) is 0 Å². The molecule has 38 valence electrons. The molecule has 1 N–H and O–H groups in total. The predicted octanol–water partition coefficient (Wildman–Crippen LogP) is -2.90. The Hall–Kier alpha value is 1.95. The second-order valence-corrected chi connectivity index (χ2v) is 0.981. The molecule has 6 heteroatoms. The average molecular weight is 521 g/mol. The van der Waals surface area contributed by atoms with Gasteiger partial charge in [-0.05, 0) is 0 Å². The topological polar surface area (TPSA) is 54.4 Å². The molecule has 0 bridgehead atoms. The van der Waals surface area contributed by atoms with Crippen molar-refractivity contribution in [2.45, 2.75) is 0 Å². The van der Waals surface area contributed by atoms with Crippen molar-refractivity contribution in [1.29, 1.82) is 0 Å². The van der Waals surface area contributed by atoms with Gasteiger partial charge in [-0.3, -0.25) is 0 Å². The first-order chi connectivity index (χ1) is 1.73. The van der Waals surface area contributed by atoms with Gasteiger partial charge in [0.05, 0.1) is 0 Å². The summed E-state index contributed by atoms with van der Waals surface area (Å²) in [6.07, 6.45) is 0. The Morgan fingerprint density at radius 3 is 1.33 bits per heavy atom. The zero-order valence-corrected chi connectivity index (χ0v) is 15.5. The van der Waals surface area contributed by atoms with Crippen LogP contribution in [0.4, 0.5) is 0 Å². The Kier molecular flexibility index (Phi) is 26.2. The van der Waals surface area contributed by atoms with Crippen LogP contribution in [-0.2, 0) is 22.7 Å². The van der Waals surface area contributed by atoms with Gasteiger partial charge in [0.1, 0.15) is 0 Å². The Morgan fingerprint density at radius 2 is 1.33 bits per heavy atom. The Bertz CT molecular complexity index is 59.2. The predicted molar refractivity (Wildman–Crippen MR) is 22.1 cm³/mol. The molecule has 0 unspecified atom stereocenters. The van der Waals surface area contributed by atoms with E-state index in [4.69, 9.17) is 11.4 Å². The maximum absolute atomic E-state index is 8.67. The SMILES string of the molecule is [BiH3].[O]=[V](=[O])[OH].[PbH2]. The van der Waals surface area contributed by atoms with Crippen LogP contribution in [-0.4, -0.2) is 57.5 Å². The summed E-state index contributed by atoms with van der Waals surface area (Å²) < 4.78 is 24.4. The maximum atomic E-state index is 8.67. The molecule has 0 saturated heterocycles. The third kappa shape index (κ3) is 38.3. The van der Waals surface area contributed by atoms with E-state index in [1.807, 2.05) is 0 Å². The van der Waals surface area contributed by atoms with Crippen molar-refractivity contribution in [2.75, 3.05) is 0 Å². The molecule has 0 fully saturated rings. The van der Waals surface area contributed by atoms with Gasteiger partial charge in [-0.2, -0.15) is 0 Å². The molecule has 2 radical (unpaired) electrons. The van der Waals surface area contributed by atoms with E-state index in [-0.39, 0.29) is 53.5 Å². The van der Waals surface area contributed by atoms with Gasteiger partial charge in [0.2, 0.25) is 0 Å². The molecule has 0 atom stereocenters. The summed E-state index contributed by atoms with van der Waals surface area (Å²) >= 11 is -3.69. The van der Waals surface area contributed by atoms with Crippen LogP contribution in [0.5, 0.6) is 0 Å². The molecule has 0 aliphatic carbocycles. The van der Waals surface area contributed by atoms with E-state index in [0.29, 0.717) is 0 Å². The van der Waals surface area contributed by atoms with E-state index < -0.39 is 15.4 Å². The molecule has 0 heterocycles. The van der Waals surface area contributed by atoms with Gasteiger partial charge >= 0.3 is 80.3 Å². The number of hydrogen-bond acceptors (Lipinski definition) is 2. The summed E-state index contributed by atoms with van der Waals surface area (Å²) in [5.41, 5.74) is 0. The van der Waals surface area contributed by atoms with Crippen molar-refractivity contribution in [1.82, 2.24) is 0 Å². The van der Waals surface area contributed by atoms with Crippen molar-refractivity contribution in [3.8, 4) is 0 Å². The van der Waals surface area contributed by atoms with Crippen molar-refractivity contribution < 1.29 is 26.8 Å². The second-order valence-electron chi connectivity index (χ2n) is 0.238. The van der Waals surface area contributed by atoms with Gasteiger partial charge in [-0.25, -0.2) is 0 Å². The summed E-state index contributed by atoms with van der Waals surface area (Å²) in [4.78, 5) is 0. The van der Waals surface area contributed by atoms with Gasteiger partial charge in [0, 0.05) is 0 Å². The summed E-state index contributed by atoms with van der Waals surface area (Å²) in [5, 5.41) is 0. The Labute approximate surface area is 79.1 Å². The van der Waals surface area contributed by atoms with Crippen LogP contribution in [0.25, 0.3) is 0 Å². The second kappa shape index (κ2) is 10.0. The van der Waals surface area contributed by atoms with E-state index >= 15 is 0 Å². The molecule has 0 amide bonds.